The third kappa shape index (κ3) is 7.14. The van der Waals surface area contributed by atoms with Crippen LogP contribution in [0.3, 0.4) is 0 Å². The average Bonchev–Trinajstić information content (AvgIpc) is 2.79. The van der Waals surface area contributed by atoms with Gasteiger partial charge in [0.1, 0.15) is 17.2 Å². The average molecular weight is 453 g/mol. The SMILES string of the molecule is CCOc1ccc(C(=O)Oc2ccc(/C=N/NC(=O)COc3cccc(Cl)c3)cc2)cc1. The van der Waals surface area contributed by atoms with Gasteiger partial charge in [-0.1, -0.05) is 17.7 Å². The van der Waals surface area contributed by atoms with Crippen LogP contribution in [-0.4, -0.2) is 31.3 Å². The quantitative estimate of drug-likeness (QED) is 0.224. The van der Waals surface area contributed by atoms with Gasteiger partial charge >= 0.3 is 5.97 Å². The molecule has 0 atom stereocenters. The highest BCUT2D eigenvalue weighted by Gasteiger charge is 2.09. The van der Waals surface area contributed by atoms with E-state index in [2.05, 4.69) is 10.5 Å². The number of halogens is 1. The molecule has 0 spiro atoms. The number of carbonyl (C=O) groups excluding carboxylic acids is 2. The van der Waals surface area contributed by atoms with Crippen molar-refractivity contribution in [2.75, 3.05) is 13.2 Å². The number of nitrogens with zero attached hydrogens (tertiary/aromatic N) is 1. The smallest absolute Gasteiger partial charge is 0.343 e. The molecule has 0 saturated carbocycles. The number of hydrogen-bond acceptors (Lipinski definition) is 6. The van der Waals surface area contributed by atoms with Crippen LogP contribution in [0.2, 0.25) is 5.02 Å². The molecule has 0 aromatic heterocycles. The molecule has 164 valence electrons. The Kier molecular flexibility index (Phi) is 8.22. The Hall–Kier alpha value is -3.84. The monoisotopic (exact) mass is 452 g/mol. The number of hydrogen-bond donors (Lipinski definition) is 1. The van der Waals surface area contributed by atoms with E-state index < -0.39 is 11.9 Å². The number of esters is 1. The minimum absolute atomic E-state index is 0.196. The standard InChI is InChI=1S/C24H21ClN2O5/c1-2-30-20-12-8-18(9-13-20)24(29)32-21-10-6-17(7-11-21)15-26-27-23(28)16-31-22-5-3-4-19(25)14-22/h3-15H,2,16H2,1H3,(H,27,28)/b26-15+. The van der Waals surface area contributed by atoms with E-state index in [0.29, 0.717) is 40.0 Å². The molecule has 0 heterocycles. The zero-order chi connectivity index (χ0) is 22.8. The number of benzene rings is 3. The van der Waals surface area contributed by atoms with Crippen molar-refractivity contribution in [1.29, 1.82) is 0 Å². The highest BCUT2D eigenvalue weighted by atomic mass is 35.5. The zero-order valence-corrected chi connectivity index (χ0v) is 18.0. The summed E-state index contributed by atoms with van der Waals surface area (Å²) in [7, 11) is 0. The first-order valence-electron chi connectivity index (χ1n) is 9.79. The normalized spacial score (nSPS) is 10.6. The molecule has 0 aliphatic heterocycles. The third-order valence-electron chi connectivity index (χ3n) is 4.06. The number of hydrazone groups is 1. The fourth-order valence-corrected chi connectivity index (χ4v) is 2.74. The lowest BCUT2D eigenvalue weighted by atomic mass is 10.2. The minimum atomic E-state index is -0.471. The number of rotatable bonds is 9. The second-order valence-electron chi connectivity index (χ2n) is 6.46. The molecule has 3 aromatic rings. The Bertz CT molecular complexity index is 1080. The van der Waals surface area contributed by atoms with Crippen LogP contribution < -0.4 is 19.6 Å². The third-order valence-corrected chi connectivity index (χ3v) is 4.30. The molecule has 1 amide bonds. The van der Waals surface area contributed by atoms with Crippen LogP contribution in [0.25, 0.3) is 0 Å². The molecule has 3 aromatic carbocycles. The van der Waals surface area contributed by atoms with Crippen molar-refractivity contribution < 1.29 is 23.8 Å². The Labute approximate surface area is 190 Å². The molecule has 7 nitrogen and oxygen atoms in total. The Morgan fingerprint density at radius 3 is 2.34 bits per heavy atom. The summed E-state index contributed by atoms with van der Waals surface area (Å²) in [5.41, 5.74) is 3.50. The first-order valence-corrected chi connectivity index (χ1v) is 10.2. The number of ether oxygens (including phenoxy) is 3. The maximum Gasteiger partial charge on any atom is 0.343 e. The van der Waals surface area contributed by atoms with Crippen molar-refractivity contribution in [3.8, 4) is 17.2 Å². The van der Waals surface area contributed by atoms with Crippen LogP contribution in [0.15, 0.2) is 77.9 Å². The van der Waals surface area contributed by atoms with Gasteiger partial charge in [0.25, 0.3) is 5.91 Å². The number of amides is 1. The van der Waals surface area contributed by atoms with Gasteiger partial charge < -0.3 is 14.2 Å². The van der Waals surface area contributed by atoms with Gasteiger partial charge in [0, 0.05) is 5.02 Å². The van der Waals surface area contributed by atoms with E-state index in [0.717, 1.165) is 0 Å². The summed E-state index contributed by atoms with van der Waals surface area (Å²) in [5.74, 6) is 0.686. The van der Waals surface area contributed by atoms with Gasteiger partial charge in [-0.05, 0) is 79.2 Å². The van der Waals surface area contributed by atoms with Crippen molar-refractivity contribution in [2.45, 2.75) is 6.92 Å². The summed E-state index contributed by atoms with van der Waals surface area (Å²) in [4.78, 5) is 24.1. The van der Waals surface area contributed by atoms with E-state index in [1.807, 2.05) is 6.92 Å². The van der Waals surface area contributed by atoms with Gasteiger partial charge in [0.2, 0.25) is 0 Å². The summed E-state index contributed by atoms with van der Waals surface area (Å²) in [6, 6.07) is 20.2. The summed E-state index contributed by atoms with van der Waals surface area (Å²) in [6.07, 6.45) is 1.47. The predicted octanol–water partition coefficient (Wildman–Crippen LogP) is 4.49. The van der Waals surface area contributed by atoms with E-state index in [4.69, 9.17) is 25.8 Å². The molecule has 0 bridgehead atoms. The molecule has 0 saturated heterocycles. The number of carbonyl (C=O) groups is 2. The molecular formula is C24H21ClN2O5. The first-order chi connectivity index (χ1) is 15.5. The lowest BCUT2D eigenvalue weighted by Gasteiger charge is -2.06. The minimum Gasteiger partial charge on any atom is -0.494 e. The summed E-state index contributed by atoms with van der Waals surface area (Å²) in [6.45, 7) is 2.25. The molecule has 0 aliphatic carbocycles. The van der Waals surface area contributed by atoms with Crippen LogP contribution in [0.5, 0.6) is 17.2 Å². The van der Waals surface area contributed by atoms with Crippen LogP contribution in [0, 0.1) is 0 Å². The summed E-state index contributed by atoms with van der Waals surface area (Å²) in [5, 5.41) is 4.41. The van der Waals surface area contributed by atoms with Gasteiger partial charge in [-0.15, -0.1) is 0 Å². The van der Waals surface area contributed by atoms with Crippen LogP contribution in [0.1, 0.15) is 22.8 Å². The maximum absolute atomic E-state index is 12.2. The van der Waals surface area contributed by atoms with Crippen molar-refractivity contribution in [3.05, 3.63) is 88.9 Å². The number of nitrogens with one attached hydrogen (secondary N) is 1. The predicted molar refractivity (Wildman–Crippen MR) is 122 cm³/mol. The Balaban J connectivity index is 1.45. The van der Waals surface area contributed by atoms with Gasteiger partial charge in [0.15, 0.2) is 6.61 Å². The largest absolute Gasteiger partial charge is 0.494 e. The molecule has 1 N–H and O–H groups in total. The van der Waals surface area contributed by atoms with Crippen molar-refractivity contribution in [2.24, 2.45) is 5.10 Å². The fraction of sp³-hybridized carbons (Fsp3) is 0.125. The fourth-order valence-electron chi connectivity index (χ4n) is 2.56. The molecule has 0 aliphatic rings. The highest BCUT2D eigenvalue weighted by Crippen LogP contribution is 2.17. The van der Waals surface area contributed by atoms with Crippen molar-refractivity contribution in [3.63, 3.8) is 0 Å². The maximum atomic E-state index is 12.2. The molecule has 0 radical (unpaired) electrons. The second-order valence-corrected chi connectivity index (χ2v) is 6.89. The van der Waals surface area contributed by atoms with Gasteiger partial charge in [0.05, 0.1) is 18.4 Å². The lowest BCUT2D eigenvalue weighted by molar-refractivity contribution is -0.123. The molecular weight excluding hydrogens is 432 g/mol. The zero-order valence-electron chi connectivity index (χ0n) is 17.3. The molecule has 0 unspecified atom stereocenters. The van der Waals surface area contributed by atoms with Crippen LogP contribution >= 0.6 is 11.6 Å². The van der Waals surface area contributed by atoms with Crippen molar-refractivity contribution in [1.82, 2.24) is 5.43 Å². The molecule has 32 heavy (non-hydrogen) atoms. The second kappa shape index (κ2) is 11.5. The van der Waals surface area contributed by atoms with Crippen LogP contribution in [0.4, 0.5) is 0 Å². The Morgan fingerprint density at radius 1 is 0.938 bits per heavy atom. The van der Waals surface area contributed by atoms with E-state index in [9.17, 15) is 9.59 Å². The van der Waals surface area contributed by atoms with Gasteiger partial charge in [-0.2, -0.15) is 5.10 Å². The van der Waals surface area contributed by atoms with E-state index in [1.165, 1.54) is 6.21 Å². The van der Waals surface area contributed by atoms with E-state index in [1.54, 1.807) is 72.8 Å². The van der Waals surface area contributed by atoms with E-state index >= 15 is 0 Å². The van der Waals surface area contributed by atoms with Gasteiger partial charge in [-0.3, -0.25) is 4.79 Å². The van der Waals surface area contributed by atoms with Crippen LogP contribution in [-0.2, 0) is 4.79 Å². The van der Waals surface area contributed by atoms with Gasteiger partial charge in [-0.25, -0.2) is 10.2 Å². The first kappa shape index (κ1) is 22.8. The molecule has 0 fully saturated rings. The lowest BCUT2D eigenvalue weighted by Crippen LogP contribution is -2.24. The molecule has 8 heteroatoms. The Morgan fingerprint density at radius 2 is 1.66 bits per heavy atom. The highest BCUT2D eigenvalue weighted by molar-refractivity contribution is 6.30. The summed E-state index contributed by atoms with van der Waals surface area (Å²) >= 11 is 5.86. The molecule has 3 rings (SSSR count). The topological polar surface area (TPSA) is 86.2 Å². The summed E-state index contributed by atoms with van der Waals surface area (Å²) < 4.78 is 16.0. The van der Waals surface area contributed by atoms with E-state index in [-0.39, 0.29) is 6.61 Å². The van der Waals surface area contributed by atoms with Crippen molar-refractivity contribution >= 4 is 29.7 Å².